The second-order valence-electron chi connectivity index (χ2n) is 4.80. The van der Waals surface area contributed by atoms with Crippen LogP contribution in [0.25, 0.3) is 0 Å². The molecule has 17 heavy (non-hydrogen) atoms. The van der Waals surface area contributed by atoms with Crippen molar-refractivity contribution in [2.45, 2.75) is 36.9 Å². The first-order valence-corrected chi connectivity index (χ1v) is 7.23. The molecule has 2 fully saturated rings. The number of hydrogen-bond acceptors (Lipinski definition) is 4. The quantitative estimate of drug-likeness (QED) is 0.635. The fraction of sp³-hybridized carbons (Fsp3) is 0.636. The van der Waals surface area contributed by atoms with Crippen LogP contribution in [-0.2, 0) is 14.6 Å². The van der Waals surface area contributed by atoms with Crippen molar-refractivity contribution in [2.24, 2.45) is 0 Å². The number of hydrogen-bond donors (Lipinski definition) is 0. The van der Waals surface area contributed by atoms with Gasteiger partial charge in [-0.1, -0.05) is 0 Å². The van der Waals surface area contributed by atoms with Crippen LogP contribution in [0.15, 0.2) is 10.6 Å². The number of allylic oxidation sites excluding steroid dienone is 2. The zero-order valence-corrected chi connectivity index (χ0v) is 10.1. The van der Waals surface area contributed by atoms with Crippen molar-refractivity contribution in [3.63, 3.8) is 0 Å². The van der Waals surface area contributed by atoms with E-state index in [0.717, 1.165) is 12.8 Å². The molecule has 0 aromatic heterocycles. The topological polar surface area (TPSA) is 78.2 Å². The van der Waals surface area contributed by atoms with E-state index in [0.29, 0.717) is 31.5 Å². The van der Waals surface area contributed by atoms with Crippen LogP contribution in [0.3, 0.4) is 0 Å². The van der Waals surface area contributed by atoms with Crippen LogP contribution >= 0.6 is 0 Å². The van der Waals surface area contributed by atoms with Crippen molar-refractivity contribution in [3.8, 4) is 6.07 Å². The summed E-state index contributed by atoms with van der Waals surface area (Å²) in [6, 6.07) is 1.81. The van der Waals surface area contributed by atoms with E-state index < -0.39 is 14.6 Å². The molecule has 3 rings (SSSR count). The van der Waals surface area contributed by atoms with Gasteiger partial charge in [-0.3, -0.25) is 4.79 Å². The average molecular weight is 252 g/mol. The highest BCUT2D eigenvalue weighted by Crippen LogP contribution is 2.49. The minimum absolute atomic E-state index is 0.158. The Kier molecular flexibility index (Phi) is 1.97. The summed E-state index contributed by atoms with van der Waals surface area (Å²) in [4.78, 5) is 13.7. The Balaban J connectivity index is 2.29. The average Bonchev–Trinajstić information content (AvgIpc) is 2.63. The van der Waals surface area contributed by atoms with Crippen LogP contribution in [0.2, 0.25) is 0 Å². The van der Waals surface area contributed by atoms with Crippen molar-refractivity contribution in [3.05, 3.63) is 10.6 Å². The molecule has 0 bridgehead atoms. The van der Waals surface area contributed by atoms with Gasteiger partial charge in [0.25, 0.3) is 0 Å². The summed E-state index contributed by atoms with van der Waals surface area (Å²) in [5.41, 5.74) is 0.426. The predicted octanol–water partition coefficient (Wildman–Crippen LogP) is 0.695. The lowest BCUT2D eigenvalue weighted by Gasteiger charge is -2.44. The standard InChI is InChI=1S/C11H12N2O3S/c12-7-9-8-3-1-6-13(8)10(14)11(4-2-5-11)17(9,15)16/h1-6H2. The van der Waals surface area contributed by atoms with Crippen molar-refractivity contribution in [1.82, 2.24) is 4.90 Å². The Bertz CT molecular complexity index is 578. The number of fused-ring (bicyclic) bond motifs is 1. The molecule has 0 aromatic rings. The highest BCUT2D eigenvalue weighted by Gasteiger charge is 2.62. The Labute approximate surface area is 99.6 Å². The second kappa shape index (κ2) is 3.10. The maximum Gasteiger partial charge on any atom is 0.248 e. The second-order valence-corrected chi connectivity index (χ2v) is 7.00. The predicted molar refractivity (Wildman–Crippen MR) is 59.1 cm³/mol. The van der Waals surface area contributed by atoms with E-state index in [9.17, 15) is 13.2 Å². The van der Waals surface area contributed by atoms with E-state index in [-0.39, 0.29) is 10.8 Å². The molecule has 0 unspecified atom stereocenters. The molecule has 1 saturated carbocycles. The molecule has 90 valence electrons. The molecule has 3 aliphatic rings. The molecular weight excluding hydrogens is 240 g/mol. The highest BCUT2D eigenvalue weighted by atomic mass is 32.2. The van der Waals surface area contributed by atoms with E-state index in [1.807, 2.05) is 6.07 Å². The largest absolute Gasteiger partial charge is 0.313 e. The fourth-order valence-corrected chi connectivity index (χ4v) is 5.15. The van der Waals surface area contributed by atoms with E-state index >= 15 is 0 Å². The van der Waals surface area contributed by atoms with Gasteiger partial charge in [0.15, 0.2) is 9.65 Å². The molecule has 1 aliphatic carbocycles. The number of carbonyl (C=O) groups excluding carboxylic acids is 1. The molecule has 0 radical (unpaired) electrons. The van der Waals surface area contributed by atoms with Crippen molar-refractivity contribution < 1.29 is 13.2 Å². The first kappa shape index (κ1) is 10.8. The van der Waals surface area contributed by atoms with Crippen LogP contribution in [0, 0.1) is 11.3 Å². The monoisotopic (exact) mass is 252 g/mol. The van der Waals surface area contributed by atoms with Crippen LogP contribution < -0.4 is 0 Å². The van der Waals surface area contributed by atoms with Gasteiger partial charge in [-0.15, -0.1) is 0 Å². The van der Waals surface area contributed by atoms with Crippen LogP contribution in [-0.4, -0.2) is 30.5 Å². The van der Waals surface area contributed by atoms with Crippen molar-refractivity contribution in [1.29, 1.82) is 5.26 Å². The first-order chi connectivity index (χ1) is 8.04. The third-order valence-electron chi connectivity index (χ3n) is 4.06. The number of amides is 1. The lowest BCUT2D eigenvalue weighted by molar-refractivity contribution is -0.133. The normalized spacial score (nSPS) is 28.9. The lowest BCUT2D eigenvalue weighted by Crippen LogP contribution is -2.60. The van der Waals surface area contributed by atoms with Crippen LogP contribution in [0.4, 0.5) is 0 Å². The Hall–Kier alpha value is -1.35. The van der Waals surface area contributed by atoms with Gasteiger partial charge in [0.1, 0.15) is 6.07 Å². The van der Waals surface area contributed by atoms with Gasteiger partial charge in [0.05, 0.1) is 5.70 Å². The minimum atomic E-state index is -3.75. The number of nitrogens with zero attached hydrogens (tertiary/aromatic N) is 2. The third-order valence-corrected chi connectivity index (χ3v) is 6.54. The Morgan fingerprint density at radius 1 is 1.29 bits per heavy atom. The summed E-state index contributed by atoms with van der Waals surface area (Å²) in [6.45, 7) is 0.552. The highest BCUT2D eigenvalue weighted by molar-refractivity contribution is 7.97. The summed E-state index contributed by atoms with van der Waals surface area (Å²) in [5, 5.41) is 9.09. The third kappa shape index (κ3) is 1.03. The number of nitriles is 1. The smallest absolute Gasteiger partial charge is 0.248 e. The number of carbonyl (C=O) groups is 1. The van der Waals surface area contributed by atoms with E-state index in [4.69, 9.17) is 5.26 Å². The van der Waals surface area contributed by atoms with Gasteiger partial charge >= 0.3 is 0 Å². The molecular formula is C11H12N2O3S. The van der Waals surface area contributed by atoms with Crippen molar-refractivity contribution in [2.75, 3.05) is 6.54 Å². The molecule has 1 amide bonds. The van der Waals surface area contributed by atoms with Gasteiger partial charge in [0.2, 0.25) is 15.7 Å². The zero-order chi connectivity index (χ0) is 12.3. The Morgan fingerprint density at radius 3 is 2.53 bits per heavy atom. The first-order valence-electron chi connectivity index (χ1n) is 5.74. The van der Waals surface area contributed by atoms with Gasteiger partial charge < -0.3 is 4.90 Å². The van der Waals surface area contributed by atoms with Crippen LogP contribution in [0.5, 0.6) is 0 Å². The molecule has 0 atom stereocenters. The van der Waals surface area contributed by atoms with Gasteiger partial charge in [-0.25, -0.2) is 8.42 Å². The fourth-order valence-electron chi connectivity index (χ4n) is 2.95. The van der Waals surface area contributed by atoms with E-state index in [2.05, 4.69) is 0 Å². The molecule has 2 heterocycles. The zero-order valence-electron chi connectivity index (χ0n) is 9.27. The van der Waals surface area contributed by atoms with Gasteiger partial charge in [-0.05, 0) is 32.1 Å². The number of rotatable bonds is 0. The van der Waals surface area contributed by atoms with Crippen molar-refractivity contribution >= 4 is 15.7 Å². The minimum Gasteiger partial charge on any atom is -0.313 e. The van der Waals surface area contributed by atoms with E-state index in [1.165, 1.54) is 4.90 Å². The SMILES string of the molecule is N#CC1=C2CCCN2C(=O)C2(CCC2)S1(=O)=O. The van der Waals surface area contributed by atoms with E-state index in [1.54, 1.807) is 0 Å². The molecule has 5 nitrogen and oxygen atoms in total. The molecule has 6 heteroatoms. The lowest BCUT2D eigenvalue weighted by atomic mass is 9.83. The molecule has 2 aliphatic heterocycles. The summed E-state index contributed by atoms with van der Waals surface area (Å²) in [5.74, 6) is -0.296. The summed E-state index contributed by atoms with van der Waals surface area (Å²) < 4.78 is 23.4. The summed E-state index contributed by atoms with van der Waals surface area (Å²) in [6.07, 6.45) is 2.74. The maximum atomic E-state index is 12.4. The molecule has 0 N–H and O–H groups in total. The molecule has 1 spiro atoms. The van der Waals surface area contributed by atoms with Gasteiger partial charge in [-0.2, -0.15) is 5.26 Å². The molecule has 0 aromatic carbocycles. The van der Waals surface area contributed by atoms with Crippen LogP contribution in [0.1, 0.15) is 32.1 Å². The Morgan fingerprint density at radius 2 is 2.00 bits per heavy atom. The van der Waals surface area contributed by atoms with Gasteiger partial charge in [0, 0.05) is 6.54 Å². The summed E-state index contributed by atoms with van der Waals surface area (Å²) in [7, 11) is -3.75. The molecule has 1 saturated heterocycles. The number of sulfone groups is 1. The summed E-state index contributed by atoms with van der Waals surface area (Å²) >= 11 is 0. The maximum absolute atomic E-state index is 12.4.